The van der Waals surface area contributed by atoms with E-state index in [0.717, 1.165) is 32.6 Å². The highest BCUT2D eigenvalue weighted by molar-refractivity contribution is 5.82. The maximum Gasteiger partial charge on any atom is 0.238 e. The number of ether oxygens (including phenoxy) is 1. The van der Waals surface area contributed by atoms with Gasteiger partial charge in [0.05, 0.1) is 5.60 Å². The predicted octanol–water partition coefficient (Wildman–Crippen LogP) is 0.211. The Kier molecular flexibility index (Phi) is 6.05. The van der Waals surface area contributed by atoms with Crippen molar-refractivity contribution in [1.29, 1.82) is 0 Å². The van der Waals surface area contributed by atoms with Crippen LogP contribution in [0.15, 0.2) is 0 Å². The monoisotopic (exact) mass is 257 g/mol. The summed E-state index contributed by atoms with van der Waals surface area (Å²) in [7, 11) is 1.74. The third-order valence-corrected chi connectivity index (χ3v) is 3.56. The van der Waals surface area contributed by atoms with E-state index >= 15 is 0 Å². The van der Waals surface area contributed by atoms with Crippen molar-refractivity contribution < 1.29 is 9.53 Å². The topological polar surface area (TPSA) is 53.6 Å². The summed E-state index contributed by atoms with van der Waals surface area (Å²) in [6, 6.07) is -0.0497. The zero-order valence-electron chi connectivity index (χ0n) is 12.1. The van der Waals surface area contributed by atoms with E-state index in [1.807, 2.05) is 6.92 Å². The number of carbonyl (C=O) groups is 1. The molecule has 1 aliphatic heterocycles. The van der Waals surface area contributed by atoms with Gasteiger partial charge in [-0.2, -0.15) is 0 Å². The summed E-state index contributed by atoms with van der Waals surface area (Å²) in [6.45, 7) is 10.3. The van der Waals surface area contributed by atoms with Gasteiger partial charge in [-0.1, -0.05) is 0 Å². The van der Waals surface area contributed by atoms with E-state index in [4.69, 9.17) is 4.74 Å². The van der Waals surface area contributed by atoms with Crippen LogP contribution in [0, 0.1) is 0 Å². The van der Waals surface area contributed by atoms with E-state index in [-0.39, 0.29) is 17.6 Å². The van der Waals surface area contributed by atoms with Gasteiger partial charge in [0.15, 0.2) is 0 Å². The maximum absolute atomic E-state index is 12.0. The Morgan fingerprint density at radius 2 is 2.28 bits per heavy atom. The van der Waals surface area contributed by atoms with Crippen LogP contribution in [0.1, 0.15) is 27.2 Å². The van der Waals surface area contributed by atoms with Crippen molar-refractivity contribution in [3.63, 3.8) is 0 Å². The van der Waals surface area contributed by atoms with Crippen molar-refractivity contribution in [2.45, 2.75) is 38.8 Å². The molecule has 0 aliphatic carbocycles. The van der Waals surface area contributed by atoms with Gasteiger partial charge in [-0.15, -0.1) is 0 Å². The molecule has 0 radical (unpaired) electrons. The second-order valence-electron chi connectivity index (χ2n) is 5.36. The molecular formula is C13H27N3O2. The summed E-state index contributed by atoms with van der Waals surface area (Å²) in [5.41, 5.74) is -0.128. The molecule has 0 saturated carbocycles. The number of nitrogens with one attached hydrogen (secondary N) is 2. The Morgan fingerprint density at radius 3 is 2.89 bits per heavy atom. The van der Waals surface area contributed by atoms with Crippen molar-refractivity contribution in [1.82, 2.24) is 15.5 Å². The van der Waals surface area contributed by atoms with Crippen LogP contribution in [-0.2, 0) is 9.53 Å². The fourth-order valence-corrected chi connectivity index (χ4v) is 2.08. The number of hydrogen-bond donors (Lipinski definition) is 2. The van der Waals surface area contributed by atoms with Gasteiger partial charge in [0.25, 0.3) is 0 Å². The maximum atomic E-state index is 12.0. The summed E-state index contributed by atoms with van der Waals surface area (Å²) in [4.78, 5) is 14.2. The number of carbonyl (C=O) groups excluding carboxylic acids is 1. The highest BCUT2D eigenvalue weighted by Crippen LogP contribution is 2.15. The van der Waals surface area contributed by atoms with Crippen molar-refractivity contribution in [3.8, 4) is 0 Å². The summed E-state index contributed by atoms with van der Waals surface area (Å²) < 4.78 is 5.43. The molecule has 0 aromatic heterocycles. The van der Waals surface area contributed by atoms with Crippen molar-refractivity contribution in [3.05, 3.63) is 0 Å². The second-order valence-corrected chi connectivity index (χ2v) is 5.36. The minimum Gasteiger partial charge on any atom is -0.379 e. The fourth-order valence-electron chi connectivity index (χ4n) is 2.08. The van der Waals surface area contributed by atoms with E-state index < -0.39 is 0 Å². The van der Waals surface area contributed by atoms with E-state index in [0.29, 0.717) is 6.54 Å². The largest absolute Gasteiger partial charge is 0.379 e. The number of likely N-dealkylation sites (N-methyl/N-ethyl adjacent to an activating group) is 1. The first-order valence-corrected chi connectivity index (χ1v) is 6.78. The van der Waals surface area contributed by atoms with E-state index in [2.05, 4.69) is 29.4 Å². The number of rotatable bonds is 6. The standard InChI is InChI=1S/C13H27N3O2/c1-5-15-12(17)11-10-14-7-9-16(11)8-6-13(2,3)18-4/h11,14H,5-10H2,1-4H3,(H,15,17). The summed E-state index contributed by atoms with van der Waals surface area (Å²) >= 11 is 0. The lowest BCUT2D eigenvalue weighted by Gasteiger charge is -2.36. The van der Waals surface area contributed by atoms with Gasteiger partial charge in [0, 0.05) is 39.8 Å². The van der Waals surface area contributed by atoms with Crippen LogP contribution < -0.4 is 10.6 Å². The molecule has 1 saturated heterocycles. The average molecular weight is 257 g/mol. The summed E-state index contributed by atoms with van der Waals surface area (Å²) in [5, 5.41) is 6.19. The first kappa shape index (κ1) is 15.4. The minimum atomic E-state index is -0.128. The van der Waals surface area contributed by atoms with E-state index in [1.165, 1.54) is 0 Å². The smallest absolute Gasteiger partial charge is 0.238 e. The van der Waals surface area contributed by atoms with Crippen molar-refractivity contribution in [2.75, 3.05) is 39.8 Å². The molecule has 0 bridgehead atoms. The molecule has 0 spiro atoms. The molecule has 1 atom stereocenters. The Hall–Kier alpha value is -0.650. The number of amides is 1. The Balaban J connectivity index is 2.52. The van der Waals surface area contributed by atoms with E-state index in [1.54, 1.807) is 7.11 Å². The van der Waals surface area contributed by atoms with Gasteiger partial charge in [-0.25, -0.2) is 0 Å². The van der Waals surface area contributed by atoms with E-state index in [9.17, 15) is 4.79 Å². The number of nitrogens with zero attached hydrogens (tertiary/aromatic N) is 1. The van der Waals surface area contributed by atoms with Crippen LogP contribution in [0.25, 0.3) is 0 Å². The normalized spacial score (nSPS) is 21.9. The van der Waals surface area contributed by atoms with Crippen LogP contribution in [-0.4, -0.2) is 62.3 Å². The molecule has 18 heavy (non-hydrogen) atoms. The minimum absolute atomic E-state index is 0.0497. The number of hydrogen-bond acceptors (Lipinski definition) is 4. The van der Waals surface area contributed by atoms with Crippen LogP contribution in [0.3, 0.4) is 0 Å². The van der Waals surface area contributed by atoms with Gasteiger partial charge in [0.1, 0.15) is 6.04 Å². The van der Waals surface area contributed by atoms with Gasteiger partial charge >= 0.3 is 0 Å². The third-order valence-electron chi connectivity index (χ3n) is 3.56. The predicted molar refractivity (Wildman–Crippen MR) is 72.6 cm³/mol. The molecule has 1 aliphatic rings. The quantitative estimate of drug-likeness (QED) is 0.714. The Morgan fingerprint density at radius 1 is 1.56 bits per heavy atom. The molecule has 1 amide bonds. The van der Waals surface area contributed by atoms with Crippen molar-refractivity contribution >= 4 is 5.91 Å². The molecule has 1 fully saturated rings. The first-order valence-electron chi connectivity index (χ1n) is 6.78. The molecule has 5 nitrogen and oxygen atoms in total. The van der Waals surface area contributed by atoms with Gasteiger partial charge < -0.3 is 15.4 Å². The fraction of sp³-hybridized carbons (Fsp3) is 0.923. The lowest BCUT2D eigenvalue weighted by Crippen LogP contribution is -2.58. The molecular weight excluding hydrogens is 230 g/mol. The molecule has 2 N–H and O–H groups in total. The van der Waals surface area contributed by atoms with Crippen molar-refractivity contribution in [2.24, 2.45) is 0 Å². The van der Waals surface area contributed by atoms with Crippen LogP contribution >= 0.6 is 0 Å². The zero-order valence-corrected chi connectivity index (χ0v) is 12.1. The van der Waals surface area contributed by atoms with Gasteiger partial charge in [-0.3, -0.25) is 9.69 Å². The molecule has 0 aromatic rings. The average Bonchev–Trinajstić information content (AvgIpc) is 2.37. The van der Waals surface area contributed by atoms with Crippen LogP contribution in [0.4, 0.5) is 0 Å². The third kappa shape index (κ3) is 4.55. The van der Waals surface area contributed by atoms with Crippen LogP contribution in [0.5, 0.6) is 0 Å². The summed E-state index contributed by atoms with van der Waals surface area (Å²) in [6.07, 6.45) is 0.930. The molecule has 1 heterocycles. The Bertz CT molecular complexity index is 269. The second kappa shape index (κ2) is 7.07. The lowest BCUT2D eigenvalue weighted by atomic mass is 10.0. The van der Waals surface area contributed by atoms with Gasteiger partial charge in [-0.05, 0) is 27.2 Å². The number of methoxy groups -OCH3 is 1. The molecule has 5 heteroatoms. The Labute approximate surface area is 110 Å². The SMILES string of the molecule is CCNC(=O)C1CNCCN1CCC(C)(C)OC. The highest BCUT2D eigenvalue weighted by atomic mass is 16.5. The zero-order chi connectivity index (χ0) is 13.6. The molecule has 0 aromatic carbocycles. The molecule has 1 rings (SSSR count). The van der Waals surface area contributed by atoms with Crippen LogP contribution in [0.2, 0.25) is 0 Å². The number of piperazine rings is 1. The summed E-state index contributed by atoms with van der Waals surface area (Å²) in [5.74, 6) is 0.125. The lowest BCUT2D eigenvalue weighted by molar-refractivity contribution is -0.127. The molecule has 1 unspecified atom stereocenters. The first-order chi connectivity index (χ1) is 8.50. The highest BCUT2D eigenvalue weighted by Gasteiger charge is 2.29. The molecule has 106 valence electrons. The van der Waals surface area contributed by atoms with Gasteiger partial charge in [0.2, 0.25) is 5.91 Å².